The summed E-state index contributed by atoms with van der Waals surface area (Å²) in [6, 6.07) is 10.5. The van der Waals surface area contributed by atoms with Crippen molar-refractivity contribution < 1.29 is 14.6 Å². The first-order valence-electron chi connectivity index (χ1n) is 6.94. The van der Waals surface area contributed by atoms with Crippen molar-refractivity contribution in [1.82, 2.24) is 0 Å². The summed E-state index contributed by atoms with van der Waals surface area (Å²) in [6.45, 7) is 6.54. The van der Waals surface area contributed by atoms with Gasteiger partial charge in [0.1, 0.15) is 23.0 Å². The number of hydrogen-bond acceptors (Lipinski definition) is 3. The molecule has 0 aliphatic carbocycles. The number of phenolic OH excluding ortho intramolecular Hbond substituents is 1. The van der Waals surface area contributed by atoms with Gasteiger partial charge >= 0.3 is 0 Å². The first-order chi connectivity index (χ1) is 10.0. The van der Waals surface area contributed by atoms with E-state index in [1.165, 1.54) is 0 Å². The molecule has 0 radical (unpaired) electrons. The molecule has 1 N–H and O–H groups in total. The third-order valence-electron chi connectivity index (χ3n) is 3.06. The van der Waals surface area contributed by atoms with E-state index in [-0.39, 0.29) is 11.7 Å². The van der Waals surface area contributed by atoms with Gasteiger partial charge in [-0.05, 0) is 43.2 Å². The zero-order valence-corrected chi connectivity index (χ0v) is 13.1. The Kier molecular flexibility index (Phi) is 4.97. The Hall–Kier alpha value is -1.87. The molecule has 0 heterocycles. The fraction of sp³-hybridized carbons (Fsp3) is 0.294. The van der Waals surface area contributed by atoms with Gasteiger partial charge in [0.15, 0.2) is 0 Å². The fourth-order valence-electron chi connectivity index (χ4n) is 2.01. The molecule has 2 aromatic carbocycles. The molecular formula is C17H19ClO3. The van der Waals surface area contributed by atoms with Crippen LogP contribution < -0.4 is 9.47 Å². The molecule has 0 fully saturated rings. The van der Waals surface area contributed by atoms with Crippen molar-refractivity contribution in [2.75, 3.05) is 6.61 Å². The Bertz CT molecular complexity index is 623. The van der Waals surface area contributed by atoms with Crippen molar-refractivity contribution >= 4 is 11.6 Å². The van der Waals surface area contributed by atoms with Gasteiger partial charge in [-0.1, -0.05) is 25.4 Å². The van der Waals surface area contributed by atoms with Gasteiger partial charge < -0.3 is 14.6 Å². The Morgan fingerprint density at radius 3 is 2.43 bits per heavy atom. The number of ether oxygens (including phenoxy) is 2. The van der Waals surface area contributed by atoms with Gasteiger partial charge in [0.25, 0.3) is 0 Å². The van der Waals surface area contributed by atoms with Crippen LogP contribution in [-0.2, 0) is 0 Å². The van der Waals surface area contributed by atoms with Crippen LogP contribution in [0.1, 0.15) is 32.3 Å². The molecule has 21 heavy (non-hydrogen) atoms. The molecule has 0 unspecified atom stereocenters. The van der Waals surface area contributed by atoms with Crippen LogP contribution >= 0.6 is 11.6 Å². The van der Waals surface area contributed by atoms with E-state index >= 15 is 0 Å². The van der Waals surface area contributed by atoms with E-state index in [2.05, 4.69) is 0 Å². The van der Waals surface area contributed by atoms with E-state index in [4.69, 9.17) is 21.1 Å². The van der Waals surface area contributed by atoms with Gasteiger partial charge in [-0.2, -0.15) is 0 Å². The van der Waals surface area contributed by atoms with Crippen molar-refractivity contribution in [2.45, 2.75) is 26.7 Å². The summed E-state index contributed by atoms with van der Waals surface area (Å²) in [5, 5.41) is 10.3. The highest BCUT2D eigenvalue weighted by Crippen LogP contribution is 2.35. The van der Waals surface area contributed by atoms with E-state index in [1.54, 1.807) is 24.3 Å². The van der Waals surface area contributed by atoms with E-state index in [0.29, 0.717) is 28.9 Å². The maximum Gasteiger partial charge on any atom is 0.146 e. The standard InChI is InChI=1S/C17H19ClO3/c1-4-20-12-6-8-17(15(18)10-12)21-13-5-7-16(19)14(9-13)11(2)3/h5-11,19H,4H2,1-3H3. The van der Waals surface area contributed by atoms with E-state index in [0.717, 1.165) is 5.56 Å². The number of rotatable bonds is 5. The van der Waals surface area contributed by atoms with Crippen LogP contribution in [0.3, 0.4) is 0 Å². The lowest BCUT2D eigenvalue weighted by atomic mass is 10.0. The number of hydrogen-bond donors (Lipinski definition) is 1. The second-order valence-corrected chi connectivity index (χ2v) is 5.41. The molecule has 0 amide bonds. The highest BCUT2D eigenvalue weighted by Gasteiger charge is 2.10. The largest absolute Gasteiger partial charge is 0.508 e. The minimum absolute atomic E-state index is 0.212. The van der Waals surface area contributed by atoms with Gasteiger partial charge in [-0.15, -0.1) is 0 Å². The van der Waals surface area contributed by atoms with Crippen LogP contribution in [0, 0.1) is 0 Å². The molecule has 0 aliphatic heterocycles. The topological polar surface area (TPSA) is 38.7 Å². The summed E-state index contributed by atoms with van der Waals surface area (Å²) in [4.78, 5) is 0. The van der Waals surface area contributed by atoms with Crippen LogP contribution in [0.25, 0.3) is 0 Å². The average Bonchev–Trinajstić information content (AvgIpc) is 2.44. The summed E-state index contributed by atoms with van der Waals surface area (Å²) in [7, 11) is 0. The lowest BCUT2D eigenvalue weighted by Gasteiger charge is -2.13. The Balaban J connectivity index is 2.24. The Labute approximate surface area is 130 Å². The summed E-state index contributed by atoms with van der Waals surface area (Å²) in [5.74, 6) is 2.39. The van der Waals surface area contributed by atoms with Gasteiger partial charge in [0.2, 0.25) is 0 Å². The molecule has 0 aromatic heterocycles. The average molecular weight is 307 g/mol. The molecular weight excluding hydrogens is 288 g/mol. The molecule has 0 saturated heterocycles. The number of benzene rings is 2. The summed E-state index contributed by atoms with van der Waals surface area (Å²) < 4.78 is 11.2. The molecule has 0 atom stereocenters. The van der Waals surface area contributed by atoms with Crippen LogP contribution in [0.15, 0.2) is 36.4 Å². The zero-order chi connectivity index (χ0) is 15.4. The maximum absolute atomic E-state index is 9.82. The quantitative estimate of drug-likeness (QED) is 0.808. The van der Waals surface area contributed by atoms with Crippen molar-refractivity contribution in [1.29, 1.82) is 0 Å². The monoisotopic (exact) mass is 306 g/mol. The minimum Gasteiger partial charge on any atom is -0.508 e. The second kappa shape index (κ2) is 6.72. The van der Waals surface area contributed by atoms with Crippen LogP contribution in [0.5, 0.6) is 23.0 Å². The predicted octanol–water partition coefficient (Wildman–Crippen LogP) is 5.36. The third-order valence-corrected chi connectivity index (χ3v) is 3.36. The van der Waals surface area contributed by atoms with Crippen molar-refractivity contribution in [3.8, 4) is 23.0 Å². The van der Waals surface area contributed by atoms with Crippen LogP contribution in [-0.4, -0.2) is 11.7 Å². The second-order valence-electron chi connectivity index (χ2n) is 5.00. The van der Waals surface area contributed by atoms with Crippen molar-refractivity contribution in [3.63, 3.8) is 0 Å². The fourth-order valence-corrected chi connectivity index (χ4v) is 2.22. The lowest BCUT2D eigenvalue weighted by molar-refractivity contribution is 0.339. The number of halogens is 1. The highest BCUT2D eigenvalue weighted by molar-refractivity contribution is 6.32. The van der Waals surface area contributed by atoms with Gasteiger partial charge in [-0.25, -0.2) is 0 Å². The van der Waals surface area contributed by atoms with Crippen LogP contribution in [0.4, 0.5) is 0 Å². The van der Waals surface area contributed by atoms with Gasteiger partial charge in [-0.3, -0.25) is 0 Å². The zero-order valence-electron chi connectivity index (χ0n) is 12.4. The van der Waals surface area contributed by atoms with E-state index in [1.807, 2.05) is 32.9 Å². The lowest BCUT2D eigenvalue weighted by Crippen LogP contribution is -1.93. The van der Waals surface area contributed by atoms with E-state index < -0.39 is 0 Å². The number of aromatic hydroxyl groups is 1. The van der Waals surface area contributed by atoms with Crippen molar-refractivity contribution in [2.24, 2.45) is 0 Å². The van der Waals surface area contributed by atoms with E-state index in [9.17, 15) is 5.11 Å². The van der Waals surface area contributed by atoms with Crippen molar-refractivity contribution in [3.05, 3.63) is 47.0 Å². The highest BCUT2D eigenvalue weighted by atomic mass is 35.5. The summed E-state index contributed by atoms with van der Waals surface area (Å²) in [6.07, 6.45) is 0. The Morgan fingerprint density at radius 2 is 1.81 bits per heavy atom. The minimum atomic E-state index is 0.212. The number of phenols is 1. The first-order valence-corrected chi connectivity index (χ1v) is 7.32. The first kappa shape index (κ1) is 15.5. The molecule has 4 heteroatoms. The van der Waals surface area contributed by atoms with Crippen LogP contribution in [0.2, 0.25) is 5.02 Å². The summed E-state index contributed by atoms with van der Waals surface area (Å²) in [5.41, 5.74) is 0.842. The maximum atomic E-state index is 9.82. The summed E-state index contributed by atoms with van der Waals surface area (Å²) >= 11 is 6.19. The molecule has 112 valence electrons. The molecule has 0 saturated carbocycles. The SMILES string of the molecule is CCOc1ccc(Oc2ccc(O)c(C(C)C)c2)c(Cl)c1. The molecule has 3 nitrogen and oxygen atoms in total. The Morgan fingerprint density at radius 1 is 1.10 bits per heavy atom. The molecule has 0 spiro atoms. The molecule has 0 bridgehead atoms. The van der Waals surface area contributed by atoms with Gasteiger partial charge in [0, 0.05) is 11.6 Å². The molecule has 2 aromatic rings. The predicted molar refractivity (Wildman–Crippen MR) is 84.9 cm³/mol. The van der Waals surface area contributed by atoms with Gasteiger partial charge in [0.05, 0.1) is 11.6 Å². The molecule has 0 aliphatic rings. The normalized spacial score (nSPS) is 10.7. The molecule has 2 rings (SSSR count). The third kappa shape index (κ3) is 3.82. The smallest absolute Gasteiger partial charge is 0.146 e.